The molecular weight excluding hydrogens is 102 g/mol. The summed E-state index contributed by atoms with van der Waals surface area (Å²) in [7, 11) is 0. The molecule has 0 aliphatic carbocycles. The van der Waals surface area contributed by atoms with Crippen molar-refractivity contribution in [1.29, 1.82) is 0 Å². The Balaban J connectivity index is 2.83. The van der Waals surface area contributed by atoms with E-state index in [1.54, 1.807) is 0 Å². The summed E-state index contributed by atoms with van der Waals surface area (Å²) in [6.45, 7) is 0. The van der Waals surface area contributed by atoms with E-state index in [1.165, 1.54) is 0 Å². The van der Waals surface area contributed by atoms with Crippen LogP contribution in [0.2, 0.25) is 0 Å². The zero-order valence-corrected chi connectivity index (χ0v) is 4.50. The average Bonchev–Trinajstić information content (AvgIpc) is 1.90. The number of quaternary nitrogens is 1. The monoisotopic (exact) mass is 110 g/mol. The minimum Gasteiger partial charge on any atom is -0.321 e. The molecule has 0 aromatic heterocycles. The minimum atomic E-state index is 0.799. The molecule has 0 unspecified atom stereocenters. The lowest BCUT2D eigenvalue weighted by Crippen LogP contribution is -2.53. The highest BCUT2D eigenvalue weighted by Gasteiger charge is 1.84. The molecule has 3 N–H and O–H groups in total. The van der Waals surface area contributed by atoms with E-state index in [9.17, 15) is 0 Å². The Bertz CT molecular complexity index is 150. The topological polar surface area (TPSA) is 36.9 Å². The van der Waals surface area contributed by atoms with Gasteiger partial charge in [-0.1, -0.05) is 18.2 Å². The van der Waals surface area contributed by atoms with Gasteiger partial charge in [0.05, 0.1) is 0 Å². The number of para-hydroxylation sites is 1. The molecule has 1 rings (SSSR count). The van der Waals surface area contributed by atoms with Crippen molar-refractivity contribution in [3.05, 3.63) is 30.3 Å². The van der Waals surface area contributed by atoms with Gasteiger partial charge < -0.3 is 4.84 Å². The van der Waals surface area contributed by atoms with Gasteiger partial charge in [-0.05, 0) is 12.1 Å². The summed E-state index contributed by atoms with van der Waals surface area (Å²) >= 11 is 0. The number of benzene rings is 1. The smallest absolute Gasteiger partial charge is 0.189 e. The maximum atomic E-state index is 4.66. The van der Waals surface area contributed by atoms with Crippen LogP contribution in [0.5, 0.6) is 5.75 Å². The summed E-state index contributed by atoms with van der Waals surface area (Å²) < 4.78 is 0. The Morgan fingerprint density at radius 3 is 2.12 bits per heavy atom. The lowest BCUT2D eigenvalue weighted by atomic mass is 10.3. The molecule has 0 atom stereocenters. The molecule has 42 valence electrons. The van der Waals surface area contributed by atoms with E-state index in [2.05, 4.69) is 10.7 Å². The average molecular weight is 110 g/mol. The van der Waals surface area contributed by atoms with Crippen molar-refractivity contribution in [3.8, 4) is 5.75 Å². The van der Waals surface area contributed by atoms with Crippen LogP contribution in [0.4, 0.5) is 0 Å². The Hall–Kier alpha value is -1.02. The van der Waals surface area contributed by atoms with Crippen LogP contribution in [-0.2, 0) is 0 Å². The zero-order chi connectivity index (χ0) is 5.82. The van der Waals surface area contributed by atoms with Crippen LogP contribution in [0.1, 0.15) is 0 Å². The third-order valence-corrected chi connectivity index (χ3v) is 0.910. The summed E-state index contributed by atoms with van der Waals surface area (Å²) in [6, 6.07) is 9.45. The molecule has 2 heteroatoms. The van der Waals surface area contributed by atoms with Gasteiger partial charge in [0.25, 0.3) is 0 Å². The van der Waals surface area contributed by atoms with Crippen molar-refractivity contribution >= 4 is 0 Å². The van der Waals surface area contributed by atoms with Crippen LogP contribution < -0.4 is 10.7 Å². The highest BCUT2D eigenvalue weighted by molar-refractivity contribution is 5.19. The second kappa shape index (κ2) is 2.33. The van der Waals surface area contributed by atoms with Gasteiger partial charge in [-0.25, -0.2) is 0 Å². The normalized spacial score (nSPS) is 8.62. The standard InChI is InChI=1S/C6H8NO/c7-8-6-4-2-1-3-5-6/h1-5H,7H3/q+1. The lowest BCUT2D eigenvalue weighted by molar-refractivity contribution is -0.635. The van der Waals surface area contributed by atoms with Gasteiger partial charge >= 0.3 is 0 Å². The molecule has 8 heavy (non-hydrogen) atoms. The summed E-state index contributed by atoms with van der Waals surface area (Å²) in [5, 5.41) is 0. The van der Waals surface area contributed by atoms with Gasteiger partial charge in [-0.15, -0.1) is 0 Å². The van der Waals surface area contributed by atoms with Gasteiger partial charge in [0.15, 0.2) is 5.75 Å². The van der Waals surface area contributed by atoms with Crippen LogP contribution in [0.3, 0.4) is 0 Å². The van der Waals surface area contributed by atoms with Gasteiger partial charge in [0.1, 0.15) is 0 Å². The van der Waals surface area contributed by atoms with Gasteiger partial charge in [0.2, 0.25) is 0 Å². The first-order valence-corrected chi connectivity index (χ1v) is 2.40. The van der Waals surface area contributed by atoms with E-state index < -0.39 is 0 Å². The quantitative estimate of drug-likeness (QED) is 0.516. The molecule has 0 saturated heterocycles. The predicted octanol–water partition coefficient (Wildman–Crippen LogP) is 0.222. The van der Waals surface area contributed by atoms with Crippen molar-refractivity contribution in [2.75, 3.05) is 0 Å². The fourth-order valence-corrected chi connectivity index (χ4v) is 0.517. The van der Waals surface area contributed by atoms with Crippen LogP contribution in [-0.4, -0.2) is 0 Å². The third-order valence-electron chi connectivity index (χ3n) is 0.910. The summed E-state index contributed by atoms with van der Waals surface area (Å²) in [6.07, 6.45) is 0. The second-order valence-electron chi connectivity index (χ2n) is 1.46. The first-order chi connectivity index (χ1) is 3.93. The van der Waals surface area contributed by atoms with E-state index >= 15 is 0 Å². The summed E-state index contributed by atoms with van der Waals surface area (Å²) in [4.78, 5) is 4.66. The molecular formula is C6H8NO+. The Morgan fingerprint density at radius 2 is 1.75 bits per heavy atom. The first-order valence-electron chi connectivity index (χ1n) is 2.40. The molecule has 2 nitrogen and oxygen atoms in total. The molecule has 0 amide bonds. The van der Waals surface area contributed by atoms with Crippen molar-refractivity contribution in [1.82, 2.24) is 0 Å². The maximum Gasteiger partial charge on any atom is 0.189 e. The Labute approximate surface area is 47.8 Å². The van der Waals surface area contributed by atoms with Gasteiger partial charge in [-0.3, -0.25) is 0 Å². The fourth-order valence-electron chi connectivity index (χ4n) is 0.517. The molecule has 1 aromatic carbocycles. The highest BCUT2D eigenvalue weighted by atomic mass is 16.6. The lowest BCUT2D eigenvalue weighted by Gasteiger charge is -1.88. The van der Waals surface area contributed by atoms with E-state index in [-0.39, 0.29) is 0 Å². The maximum absolute atomic E-state index is 4.66. The van der Waals surface area contributed by atoms with Crippen LogP contribution in [0.25, 0.3) is 0 Å². The van der Waals surface area contributed by atoms with E-state index in [0.717, 1.165) is 5.75 Å². The zero-order valence-electron chi connectivity index (χ0n) is 4.50. The summed E-state index contributed by atoms with van der Waals surface area (Å²) in [5.74, 6) is 4.05. The van der Waals surface area contributed by atoms with E-state index in [1.807, 2.05) is 30.3 Å². The molecule has 0 radical (unpaired) electrons. The Morgan fingerprint density at radius 1 is 1.12 bits per heavy atom. The highest BCUT2D eigenvalue weighted by Crippen LogP contribution is 2.03. The van der Waals surface area contributed by atoms with Crippen molar-refractivity contribution in [2.24, 2.45) is 0 Å². The molecule has 0 spiro atoms. The van der Waals surface area contributed by atoms with Gasteiger partial charge in [0, 0.05) is 0 Å². The molecule has 0 fully saturated rings. The third kappa shape index (κ3) is 0.978. The number of hydrogen-bond donors (Lipinski definition) is 1. The number of rotatable bonds is 1. The largest absolute Gasteiger partial charge is 0.321 e. The summed E-state index contributed by atoms with van der Waals surface area (Å²) in [5.41, 5.74) is 0. The van der Waals surface area contributed by atoms with Crippen molar-refractivity contribution < 1.29 is 10.7 Å². The Kier molecular flexibility index (Phi) is 1.49. The van der Waals surface area contributed by atoms with Crippen molar-refractivity contribution in [3.63, 3.8) is 0 Å². The minimum absolute atomic E-state index is 0.799. The van der Waals surface area contributed by atoms with E-state index in [4.69, 9.17) is 0 Å². The molecule has 0 aliphatic heterocycles. The van der Waals surface area contributed by atoms with Crippen molar-refractivity contribution in [2.45, 2.75) is 0 Å². The number of hydrogen-bond acceptors (Lipinski definition) is 1. The molecule has 0 heterocycles. The fraction of sp³-hybridized carbons (Fsp3) is 0. The molecule has 1 aromatic rings. The SMILES string of the molecule is [NH3+]Oc1ccccc1. The molecule has 0 saturated carbocycles. The van der Waals surface area contributed by atoms with Crippen LogP contribution in [0, 0.1) is 0 Å². The van der Waals surface area contributed by atoms with Gasteiger partial charge in [-0.2, -0.15) is 5.90 Å². The first kappa shape index (κ1) is 5.12. The second-order valence-corrected chi connectivity index (χ2v) is 1.46. The van der Waals surface area contributed by atoms with Crippen LogP contribution in [0.15, 0.2) is 30.3 Å². The predicted molar refractivity (Wildman–Crippen MR) is 30.0 cm³/mol. The molecule has 0 aliphatic rings. The van der Waals surface area contributed by atoms with Crippen LogP contribution >= 0.6 is 0 Å². The molecule has 0 bridgehead atoms. The van der Waals surface area contributed by atoms with E-state index in [0.29, 0.717) is 0 Å².